The van der Waals surface area contributed by atoms with Gasteiger partial charge in [0.15, 0.2) is 0 Å². The minimum Gasteiger partial charge on any atom is -0.465 e. The van der Waals surface area contributed by atoms with Gasteiger partial charge in [-0.15, -0.1) is 0 Å². The molecule has 0 saturated heterocycles. The van der Waals surface area contributed by atoms with Gasteiger partial charge in [-0.25, -0.2) is 9.59 Å². The van der Waals surface area contributed by atoms with Crippen molar-refractivity contribution in [2.24, 2.45) is 0 Å². The number of methoxy groups -OCH3 is 2. The standard InChI is InChI=1S/C20H23NO5/c1-20(2,13-22)14-8-10-15(11-9-14)21-12-6-5-7-16(18(23)25-3)17(21)19(24)26-4/h5-12,22H,13H2,1-4H3. The molecule has 1 aliphatic rings. The van der Waals surface area contributed by atoms with Crippen molar-refractivity contribution in [2.75, 3.05) is 25.7 Å². The highest BCUT2D eigenvalue weighted by molar-refractivity contribution is 6.05. The summed E-state index contributed by atoms with van der Waals surface area (Å²) in [6, 6.07) is 7.40. The Bertz CT molecular complexity index is 772. The fourth-order valence-corrected chi connectivity index (χ4v) is 2.53. The minimum absolute atomic E-state index is 0.0136. The maximum Gasteiger partial charge on any atom is 0.355 e. The van der Waals surface area contributed by atoms with Gasteiger partial charge in [0.05, 0.1) is 26.4 Å². The number of anilines is 1. The van der Waals surface area contributed by atoms with E-state index in [-0.39, 0.29) is 23.3 Å². The number of hydrogen-bond donors (Lipinski definition) is 1. The van der Waals surface area contributed by atoms with Crippen LogP contribution in [0.15, 0.2) is 60.0 Å². The van der Waals surface area contributed by atoms with Crippen LogP contribution in [0, 0.1) is 0 Å². The van der Waals surface area contributed by atoms with E-state index in [9.17, 15) is 14.7 Å². The zero-order valence-corrected chi connectivity index (χ0v) is 15.4. The molecule has 1 heterocycles. The van der Waals surface area contributed by atoms with E-state index in [1.807, 2.05) is 38.1 Å². The van der Waals surface area contributed by atoms with Crippen molar-refractivity contribution in [1.82, 2.24) is 0 Å². The van der Waals surface area contributed by atoms with Crippen LogP contribution < -0.4 is 4.90 Å². The van der Waals surface area contributed by atoms with Gasteiger partial charge in [0.2, 0.25) is 0 Å². The molecule has 0 atom stereocenters. The van der Waals surface area contributed by atoms with E-state index in [1.54, 1.807) is 23.3 Å². The zero-order valence-electron chi connectivity index (χ0n) is 15.4. The van der Waals surface area contributed by atoms with Gasteiger partial charge in [-0.1, -0.05) is 32.1 Å². The van der Waals surface area contributed by atoms with Gasteiger partial charge >= 0.3 is 11.9 Å². The Morgan fingerprint density at radius 3 is 2.19 bits per heavy atom. The molecule has 1 aromatic carbocycles. The van der Waals surface area contributed by atoms with Gasteiger partial charge in [-0.3, -0.25) is 0 Å². The second-order valence-electron chi connectivity index (χ2n) is 6.40. The molecule has 0 aromatic heterocycles. The monoisotopic (exact) mass is 357 g/mol. The first-order valence-corrected chi connectivity index (χ1v) is 8.12. The molecule has 6 heteroatoms. The maximum absolute atomic E-state index is 12.4. The van der Waals surface area contributed by atoms with Gasteiger partial charge in [0, 0.05) is 17.3 Å². The molecule has 2 rings (SSSR count). The van der Waals surface area contributed by atoms with Crippen LogP contribution in [0.25, 0.3) is 0 Å². The summed E-state index contributed by atoms with van der Waals surface area (Å²) in [5.74, 6) is -1.28. The molecule has 1 N–H and O–H groups in total. The van der Waals surface area contributed by atoms with Gasteiger partial charge in [-0.05, 0) is 29.8 Å². The maximum atomic E-state index is 12.4. The lowest BCUT2D eigenvalue weighted by Crippen LogP contribution is -2.27. The predicted molar refractivity (Wildman–Crippen MR) is 98.4 cm³/mol. The van der Waals surface area contributed by atoms with Crippen molar-refractivity contribution >= 4 is 17.6 Å². The summed E-state index contributed by atoms with van der Waals surface area (Å²) >= 11 is 0. The lowest BCUT2D eigenvalue weighted by atomic mass is 9.85. The van der Waals surface area contributed by atoms with Crippen LogP contribution >= 0.6 is 0 Å². The molecule has 6 nitrogen and oxygen atoms in total. The highest BCUT2D eigenvalue weighted by Gasteiger charge is 2.28. The Balaban J connectivity index is 2.55. The summed E-state index contributed by atoms with van der Waals surface area (Å²) in [5, 5.41) is 9.52. The molecule has 138 valence electrons. The first-order chi connectivity index (χ1) is 12.4. The van der Waals surface area contributed by atoms with Gasteiger partial charge in [0.1, 0.15) is 5.70 Å². The molecule has 1 aliphatic heterocycles. The van der Waals surface area contributed by atoms with Gasteiger partial charge in [-0.2, -0.15) is 0 Å². The third-order valence-corrected chi connectivity index (χ3v) is 4.21. The van der Waals surface area contributed by atoms with Gasteiger partial charge < -0.3 is 19.5 Å². The van der Waals surface area contributed by atoms with Crippen LogP contribution in [0.5, 0.6) is 0 Å². The molecule has 0 spiro atoms. The van der Waals surface area contributed by atoms with Crippen LogP contribution in [0.1, 0.15) is 19.4 Å². The third-order valence-electron chi connectivity index (χ3n) is 4.21. The molecule has 1 aromatic rings. The lowest BCUT2D eigenvalue weighted by Gasteiger charge is -2.26. The molecule has 0 unspecified atom stereocenters. The first kappa shape index (κ1) is 19.5. The van der Waals surface area contributed by atoms with Crippen LogP contribution in [-0.2, 0) is 24.5 Å². The molecular formula is C20H23NO5. The number of esters is 2. The van der Waals surface area contributed by atoms with E-state index in [0.29, 0.717) is 5.69 Å². The van der Waals surface area contributed by atoms with Crippen LogP contribution in [0.3, 0.4) is 0 Å². The number of nitrogens with zero attached hydrogens (tertiary/aromatic N) is 1. The van der Waals surface area contributed by atoms with Crippen molar-refractivity contribution in [3.05, 3.63) is 65.5 Å². The Morgan fingerprint density at radius 1 is 1.04 bits per heavy atom. The fraction of sp³-hybridized carbons (Fsp3) is 0.300. The van der Waals surface area contributed by atoms with Crippen molar-refractivity contribution in [2.45, 2.75) is 19.3 Å². The van der Waals surface area contributed by atoms with Crippen molar-refractivity contribution in [3.8, 4) is 0 Å². The molecule has 0 saturated carbocycles. The van der Waals surface area contributed by atoms with Crippen molar-refractivity contribution < 1.29 is 24.2 Å². The molecule has 26 heavy (non-hydrogen) atoms. The summed E-state index contributed by atoms with van der Waals surface area (Å²) in [7, 11) is 2.51. The first-order valence-electron chi connectivity index (χ1n) is 8.12. The summed E-state index contributed by atoms with van der Waals surface area (Å²) in [6.45, 7) is 3.89. The number of rotatable bonds is 5. The predicted octanol–water partition coefficient (Wildman–Crippen LogP) is 2.45. The van der Waals surface area contributed by atoms with E-state index >= 15 is 0 Å². The second kappa shape index (κ2) is 8.01. The summed E-state index contributed by atoms with van der Waals surface area (Å²) in [5.41, 5.74) is 1.41. The quantitative estimate of drug-likeness (QED) is 0.816. The van der Waals surface area contributed by atoms with Gasteiger partial charge in [0.25, 0.3) is 0 Å². The number of allylic oxidation sites excluding steroid dienone is 2. The van der Waals surface area contributed by atoms with E-state index in [2.05, 4.69) is 0 Å². The largest absolute Gasteiger partial charge is 0.465 e. The molecule has 0 fully saturated rings. The SMILES string of the molecule is COC(=O)C1=C(C(=O)OC)N(c2ccc(C(C)(C)CO)cc2)C=CC=C1. The Kier molecular flexibility index (Phi) is 6.00. The average molecular weight is 357 g/mol. The van der Waals surface area contributed by atoms with E-state index in [0.717, 1.165) is 5.56 Å². The average Bonchev–Trinajstić information content (AvgIpc) is 2.89. The summed E-state index contributed by atoms with van der Waals surface area (Å²) in [6.07, 6.45) is 6.55. The van der Waals surface area contributed by atoms with E-state index in [4.69, 9.17) is 9.47 Å². The lowest BCUT2D eigenvalue weighted by molar-refractivity contribution is -0.139. The number of benzene rings is 1. The van der Waals surface area contributed by atoms with Crippen LogP contribution in [-0.4, -0.2) is 37.9 Å². The molecular weight excluding hydrogens is 334 g/mol. The van der Waals surface area contributed by atoms with Crippen LogP contribution in [0.2, 0.25) is 0 Å². The van der Waals surface area contributed by atoms with Crippen molar-refractivity contribution in [1.29, 1.82) is 0 Å². The normalized spacial score (nSPS) is 14.3. The zero-order chi connectivity index (χ0) is 19.3. The van der Waals surface area contributed by atoms with Crippen molar-refractivity contribution in [3.63, 3.8) is 0 Å². The number of carbonyl (C=O) groups excluding carboxylic acids is 2. The van der Waals surface area contributed by atoms with E-state index in [1.165, 1.54) is 20.3 Å². The third kappa shape index (κ3) is 3.86. The topological polar surface area (TPSA) is 76.1 Å². The van der Waals surface area contributed by atoms with Crippen LogP contribution in [0.4, 0.5) is 5.69 Å². The summed E-state index contributed by atoms with van der Waals surface area (Å²) in [4.78, 5) is 26.1. The molecule has 0 radical (unpaired) electrons. The Morgan fingerprint density at radius 2 is 1.65 bits per heavy atom. The fourth-order valence-electron chi connectivity index (χ4n) is 2.53. The number of carbonyl (C=O) groups is 2. The Hall–Kier alpha value is -2.86. The second-order valence-corrected chi connectivity index (χ2v) is 6.40. The minimum atomic E-state index is -0.652. The number of ether oxygens (including phenoxy) is 2. The number of hydrogen-bond acceptors (Lipinski definition) is 6. The number of aliphatic hydroxyl groups is 1. The highest BCUT2D eigenvalue weighted by atomic mass is 16.5. The Labute approximate surface area is 153 Å². The molecule has 0 bridgehead atoms. The summed E-state index contributed by atoms with van der Waals surface area (Å²) < 4.78 is 9.66. The smallest absolute Gasteiger partial charge is 0.355 e. The van der Waals surface area contributed by atoms with E-state index < -0.39 is 11.9 Å². The number of aliphatic hydroxyl groups excluding tert-OH is 1. The molecule has 0 aliphatic carbocycles. The highest BCUT2D eigenvalue weighted by Crippen LogP contribution is 2.29. The molecule has 0 amide bonds.